The summed E-state index contributed by atoms with van der Waals surface area (Å²) in [6, 6.07) is 0. The zero-order valence-electron chi connectivity index (χ0n) is 6.67. The van der Waals surface area contributed by atoms with E-state index in [0.717, 1.165) is 12.6 Å². The van der Waals surface area contributed by atoms with Gasteiger partial charge in [-0.05, 0) is 20.5 Å². The molecule has 0 aliphatic heterocycles. The number of rotatable bonds is 4. The molecule has 3 nitrogen and oxygen atoms in total. The number of carbonyl (C=O) groups is 1. The van der Waals surface area contributed by atoms with Crippen molar-refractivity contribution in [3.05, 3.63) is 11.1 Å². The van der Waals surface area contributed by atoms with Gasteiger partial charge >= 0.3 is 5.97 Å². The van der Waals surface area contributed by atoms with E-state index in [4.69, 9.17) is 16.7 Å². The molecule has 0 radical (unpaired) electrons. The Hall–Kier alpha value is -0.540. The molecule has 0 aromatic rings. The molecule has 1 N–H and O–H groups in total. The average molecular weight is 178 g/mol. The Kier molecular flexibility index (Phi) is 4.90. The van der Waals surface area contributed by atoms with Crippen molar-refractivity contribution >= 4 is 17.6 Å². The summed E-state index contributed by atoms with van der Waals surface area (Å²) in [7, 11) is 3.82. The van der Waals surface area contributed by atoms with Crippen molar-refractivity contribution in [1.29, 1.82) is 0 Å². The molecule has 64 valence electrons. The number of hydrogen-bond donors (Lipinski definition) is 1. The molecular weight excluding hydrogens is 166 g/mol. The van der Waals surface area contributed by atoms with Crippen LogP contribution in [-0.4, -0.2) is 36.6 Å². The normalized spacial score (nSPS) is 12.2. The van der Waals surface area contributed by atoms with Crippen molar-refractivity contribution in [3.63, 3.8) is 0 Å². The van der Waals surface area contributed by atoms with Gasteiger partial charge in [-0.2, -0.15) is 0 Å². The lowest BCUT2D eigenvalue weighted by Crippen LogP contribution is -2.12. The van der Waals surface area contributed by atoms with Gasteiger partial charge in [-0.3, -0.25) is 0 Å². The fourth-order valence-corrected chi connectivity index (χ4v) is 0.714. The highest BCUT2D eigenvalue weighted by atomic mass is 35.5. The molecule has 0 unspecified atom stereocenters. The lowest BCUT2D eigenvalue weighted by Gasteiger charge is -2.07. The number of halogens is 1. The molecule has 0 spiro atoms. The van der Waals surface area contributed by atoms with Crippen LogP contribution in [0.2, 0.25) is 0 Å². The van der Waals surface area contributed by atoms with E-state index in [9.17, 15) is 4.79 Å². The molecule has 0 heterocycles. The van der Waals surface area contributed by atoms with Gasteiger partial charge < -0.3 is 10.0 Å². The maximum Gasteiger partial charge on any atom is 0.329 e. The minimum atomic E-state index is -0.992. The highest BCUT2D eigenvalue weighted by molar-refractivity contribution is 6.30. The van der Waals surface area contributed by atoms with Crippen LogP contribution in [0, 0.1) is 0 Å². The summed E-state index contributed by atoms with van der Waals surface area (Å²) in [6.45, 7) is 0.766. The number of carboxylic acids is 1. The first kappa shape index (κ1) is 10.5. The fourth-order valence-electron chi connectivity index (χ4n) is 0.537. The Morgan fingerprint density at radius 3 is 2.55 bits per heavy atom. The minimum Gasteiger partial charge on any atom is -0.478 e. The topological polar surface area (TPSA) is 40.5 Å². The number of nitrogens with zero attached hydrogens (tertiary/aromatic N) is 1. The van der Waals surface area contributed by atoms with Gasteiger partial charge in [0, 0.05) is 17.7 Å². The molecule has 0 saturated carbocycles. The van der Waals surface area contributed by atoms with Crippen LogP contribution in [0.25, 0.3) is 0 Å². The van der Waals surface area contributed by atoms with Gasteiger partial charge in [0.15, 0.2) is 0 Å². The highest BCUT2D eigenvalue weighted by Crippen LogP contribution is 2.06. The van der Waals surface area contributed by atoms with Crippen LogP contribution in [0.3, 0.4) is 0 Å². The third-order valence-electron chi connectivity index (χ3n) is 1.08. The smallest absolute Gasteiger partial charge is 0.329 e. The van der Waals surface area contributed by atoms with E-state index in [1.807, 2.05) is 19.0 Å². The highest BCUT2D eigenvalue weighted by Gasteiger charge is 1.97. The summed E-state index contributed by atoms with van der Waals surface area (Å²) in [5.41, 5.74) is 0. The molecule has 0 aromatic carbocycles. The second-order valence-electron chi connectivity index (χ2n) is 2.48. The van der Waals surface area contributed by atoms with Gasteiger partial charge in [-0.1, -0.05) is 11.6 Å². The van der Waals surface area contributed by atoms with Crippen molar-refractivity contribution in [2.75, 3.05) is 20.6 Å². The third kappa shape index (κ3) is 7.36. The maximum absolute atomic E-state index is 10.1. The zero-order chi connectivity index (χ0) is 8.85. The molecule has 0 atom stereocenters. The quantitative estimate of drug-likeness (QED) is 0.655. The van der Waals surface area contributed by atoms with E-state index < -0.39 is 5.97 Å². The van der Waals surface area contributed by atoms with Gasteiger partial charge in [-0.25, -0.2) is 4.79 Å². The number of hydrogen-bond acceptors (Lipinski definition) is 2. The number of carboxylic acid groups (broad SMARTS) is 1. The van der Waals surface area contributed by atoms with Crippen LogP contribution in [0.4, 0.5) is 0 Å². The predicted octanol–water partition coefficient (Wildman–Crippen LogP) is 1.15. The summed E-state index contributed by atoms with van der Waals surface area (Å²) >= 11 is 5.57. The van der Waals surface area contributed by atoms with Crippen LogP contribution in [-0.2, 0) is 4.79 Å². The van der Waals surface area contributed by atoms with Crippen molar-refractivity contribution < 1.29 is 9.90 Å². The van der Waals surface area contributed by atoms with E-state index in [-0.39, 0.29) is 0 Å². The molecule has 0 fully saturated rings. The first-order chi connectivity index (χ1) is 5.02. The molecule has 0 saturated heterocycles. The molecule has 0 bridgehead atoms. The molecule has 0 aromatic heterocycles. The standard InChI is InChI=1S/C7H12ClNO2/c1-9(2)4-3-6(8)5-7(10)11/h5H,3-4H2,1-2H3,(H,10,11). The second-order valence-corrected chi connectivity index (χ2v) is 2.97. The van der Waals surface area contributed by atoms with E-state index in [1.54, 1.807) is 0 Å². The summed E-state index contributed by atoms with van der Waals surface area (Å²) in [5, 5.41) is 8.66. The Balaban J connectivity index is 3.68. The third-order valence-corrected chi connectivity index (χ3v) is 1.38. The van der Waals surface area contributed by atoms with Crippen molar-refractivity contribution in [3.8, 4) is 0 Å². The minimum absolute atomic E-state index is 0.381. The second kappa shape index (κ2) is 5.16. The predicted molar refractivity (Wildman–Crippen MR) is 44.7 cm³/mol. The van der Waals surface area contributed by atoms with Gasteiger partial charge in [0.05, 0.1) is 0 Å². The van der Waals surface area contributed by atoms with E-state index >= 15 is 0 Å². The molecule has 0 aliphatic carbocycles. The average Bonchev–Trinajstić information content (AvgIpc) is 1.82. The monoisotopic (exact) mass is 177 g/mol. The Morgan fingerprint density at radius 1 is 1.64 bits per heavy atom. The summed E-state index contributed by atoms with van der Waals surface area (Å²) in [5.74, 6) is -0.992. The van der Waals surface area contributed by atoms with Crippen LogP contribution < -0.4 is 0 Å². The molecule has 0 amide bonds. The van der Waals surface area contributed by atoms with Crippen molar-refractivity contribution in [2.45, 2.75) is 6.42 Å². The molecule has 11 heavy (non-hydrogen) atoms. The summed E-state index contributed by atoms with van der Waals surface area (Å²) < 4.78 is 0. The van der Waals surface area contributed by atoms with E-state index in [2.05, 4.69) is 0 Å². The van der Waals surface area contributed by atoms with Crippen LogP contribution in [0.15, 0.2) is 11.1 Å². The van der Waals surface area contributed by atoms with E-state index in [0.29, 0.717) is 11.5 Å². The van der Waals surface area contributed by atoms with Gasteiger partial charge in [0.1, 0.15) is 0 Å². The summed E-state index contributed by atoms with van der Waals surface area (Å²) in [6.07, 6.45) is 1.60. The van der Waals surface area contributed by atoms with Gasteiger partial charge in [0.2, 0.25) is 0 Å². The van der Waals surface area contributed by atoms with Gasteiger partial charge in [-0.15, -0.1) is 0 Å². The molecule has 0 rings (SSSR count). The largest absolute Gasteiger partial charge is 0.478 e. The molecule has 4 heteroatoms. The van der Waals surface area contributed by atoms with Crippen LogP contribution >= 0.6 is 11.6 Å². The Labute approximate surface area is 71.3 Å². The first-order valence-electron chi connectivity index (χ1n) is 3.26. The van der Waals surface area contributed by atoms with Gasteiger partial charge in [0.25, 0.3) is 0 Å². The lowest BCUT2D eigenvalue weighted by molar-refractivity contribution is -0.131. The summed E-state index contributed by atoms with van der Waals surface area (Å²) in [4.78, 5) is 12.0. The molecular formula is C7H12ClNO2. The Morgan fingerprint density at radius 2 is 2.18 bits per heavy atom. The van der Waals surface area contributed by atoms with Crippen LogP contribution in [0.5, 0.6) is 0 Å². The molecule has 0 aliphatic rings. The lowest BCUT2D eigenvalue weighted by atomic mass is 10.3. The first-order valence-corrected chi connectivity index (χ1v) is 3.64. The Bertz CT molecular complexity index is 166. The fraction of sp³-hybridized carbons (Fsp3) is 0.571. The van der Waals surface area contributed by atoms with Crippen molar-refractivity contribution in [1.82, 2.24) is 4.90 Å². The van der Waals surface area contributed by atoms with E-state index in [1.165, 1.54) is 0 Å². The zero-order valence-corrected chi connectivity index (χ0v) is 7.43. The number of aliphatic carboxylic acids is 1. The van der Waals surface area contributed by atoms with Crippen molar-refractivity contribution in [2.24, 2.45) is 0 Å². The maximum atomic E-state index is 10.1. The van der Waals surface area contributed by atoms with Crippen LogP contribution in [0.1, 0.15) is 6.42 Å². The SMILES string of the molecule is CN(C)CCC(Cl)=CC(=O)O.